The number of hydrogen-bond acceptors (Lipinski definition) is 3. The van der Waals surface area contributed by atoms with Gasteiger partial charge in [0.1, 0.15) is 0 Å². The summed E-state index contributed by atoms with van der Waals surface area (Å²) < 4.78 is 0. The number of thiol groups is 1. The Kier molecular flexibility index (Phi) is 3.70. The number of hydrogen-bond donors (Lipinski definition) is 2. The van der Waals surface area contributed by atoms with Crippen LogP contribution < -0.4 is 5.32 Å². The summed E-state index contributed by atoms with van der Waals surface area (Å²) in [4.78, 5) is 4.92. The lowest BCUT2D eigenvalue weighted by molar-refractivity contribution is 1.09. The van der Waals surface area contributed by atoms with Crippen molar-refractivity contribution >= 4 is 29.9 Å². The lowest BCUT2D eigenvalue weighted by Gasteiger charge is -2.09. The van der Waals surface area contributed by atoms with E-state index in [1.165, 1.54) is 0 Å². The zero-order chi connectivity index (χ0) is 11.4. The second-order valence-electron chi connectivity index (χ2n) is 3.33. The summed E-state index contributed by atoms with van der Waals surface area (Å²) in [6.07, 6.45) is 3.51. The maximum absolute atomic E-state index is 6.09. The highest BCUT2D eigenvalue weighted by atomic mass is 35.5. The average molecular weight is 251 g/mol. The Morgan fingerprint density at radius 3 is 2.81 bits per heavy atom. The number of nitrogens with one attached hydrogen (secondary N) is 1. The van der Waals surface area contributed by atoms with E-state index in [0.29, 0.717) is 6.54 Å². The van der Waals surface area contributed by atoms with Crippen LogP contribution in [0.3, 0.4) is 0 Å². The van der Waals surface area contributed by atoms with Gasteiger partial charge in [0.05, 0.1) is 5.69 Å². The van der Waals surface area contributed by atoms with E-state index in [-0.39, 0.29) is 0 Å². The van der Waals surface area contributed by atoms with Gasteiger partial charge in [0, 0.05) is 34.4 Å². The van der Waals surface area contributed by atoms with E-state index in [2.05, 4.69) is 22.9 Å². The van der Waals surface area contributed by atoms with Crippen LogP contribution in [0.2, 0.25) is 5.02 Å². The number of anilines is 1. The summed E-state index contributed by atoms with van der Waals surface area (Å²) >= 11 is 10.5. The van der Waals surface area contributed by atoms with Crippen LogP contribution in [0.5, 0.6) is 0 Å². The van der Waals surface area contributed by atoms with E-state index >= 15 is 0 Å². The Labute approximate surface area is 105 Å². The molecular weight excluding hydrogens is 240 g/mol. The van der Waals surface area contributed by atoms with Crippen LogP contribution in [0.25, 0.3) is 0 Å². The van der Waals surface area contributed by atoms with Gasteiger partial charge in [-0.15, -0.1) is 12.6 Å². The molecule has 0 saturated carbocycles. The SMILES string of the molecule is Sc1cccc(Cl)c1CNc1cccnc1. The number of aromatic nitrogens is 1. The van der Waals surface area contributed by atoms with Gasteiger partial charge in [0.2, 0.25) is 0 Å². The summed E-state index contributed by atoms with van der Waals surface area (Å²) in [6, 6.07) is 9.52. The van der Waals surface area contributed by atoms with Gasteiger partial charge in [-0.2, -0.15) is 0 Å². The molecule has 0 aliphatic rings. The average Bonchev–Trinajstić information content (AvgIpc) is 2.30. The van der Waals surface area contributed by atoms with Gasteiger partial charge in [-0.25, -0.2) is 0 Å². The second kappa shape index (κ2) is 5.23. The maximum Gasteiger partial charge on any atom is 0.0529 e. The Morgan fingerprint density at radius 1 is 1.25 bits per heavy atom. The molecule has 0 bridgehead atoms. The Morgan fingerprint density at radius 2 is 2.12 bits per heavy atom. The summed E-state index contributed by atoms with van der Waals surface area (Å²) in [5, 5.41) is 3.97. The van der Waals surface area contributed by atoms with Crippen molar-refractivity contribution in [3.05, 3.63) is 53.3 Å². The van der Waals surface area contributed by atoms with Gasteiger partial charge in [-0.1, -0.05) is 17.7 Å². The molecule has 0 aliphatic heterocycles. The number of rotatable bonds is 3. The van der Waals surface area contributed by atoms with Crippen LogP contribution in [0.15, 0.2) is 47.6 Å². The van der Waals surface area contributed by atoms with Crippen molar-refractivity contribution in [2.45, 2.75) is 11.4 Å². The molecule has 0 aliphatic carbocycles. The quantitative estimate of drug-likeness (QED) is 0.814. The van der Waals surface area contributed by atoms with E-state index < -0.39 is 0 Å². The zero-order valence-corrected chi connectivity index (χ0v) is 10.2. The third-order valence-electron chi connectivity index (χ3n) is 2.22. The van der Waals surface area contributed by atoms with Gasteiger partial charge in [-0.3, -0.25) is 4.98 Å². The van der Waals surface area contributed by atoms with Crippen molar-refractivity contribution in [3.8, 4) is 0 Å². The highest BCUT2D eigenvalue weighted by molar-refractivity contribution is 7.80. The van der Waals surface area contributed by atoms with E-state index in [1.807, 2.05) is 30.3 Å². The number of pyridine rings is 1. The Balaban J connectivity index is 2.11. The van der Waals surface area contributed by atoms with Crippen molar-refractivity contribution in [2.24, 2.45) is 0 Å². The maximum atomic E-state index is 6.09. The first-order valence-electron chi connectivity index (χ1n) is 4.87. The first-order valence-corrected chi connectivity index (χ1v) is 5.70. The third-order valence-corrected chi connectivity index (χ3v) is 3.00. The molecule has 0 saturated heterocycles. The topological polar surface area (TPSA) is 24.9 Å². The number of halogens is 1. The van der Waals surface area contributed by atoms with Crippen LogP contribution in [-0.4, -0.2) is 4.98 Å². The largest absolute Gasteiger partial charge is 0.380 e. The molecule has 0 unspecified atom stereocenters. The fraction of sp³-hybridized carbons (Fsp3) is 0.0833. The van der Waals surface area contributed by atoms with E-state index in [1.54, 1.807) is 12.4 Å². The highest BCUT2D eigenvalue weighted by Crippen LogP contribution is 2.23. The summed E-state index contributed by atoms with van der Waals surface area (Å²) in [7, 11) is 0. The number of nitrogens with zero attached hydrogens (tertiary/aromatic N) is 1. The van der Waals surface area contributed by atoms with Crippen LogP contribution in [0.4, 0.5) is 5.69 Å². The molecule has 2 aromatic rings. The minimum Gasteiger partial charge on any atom is -0.380 e. The fourth-order valence-electron chi connectivity index (χ4n) is 1.38. The normalized spacial score (nSPS) is 10.1. The smallest absolute Gasteiger partial charge is 0.0529 e. The zero-order valence-electron chi connectivity index (χ0n) is 8.52. The molecular formula is C12H11ClN2S. The molecule has 2 rings (SSSR count). The van der Waals surface area contributed by atoms with Crippen LogP contribution in [0, 0.1) is 0 Å². The molecule has 0 radical (unpaired) electrons. The van der Waals surface area contributed by atoms with Crippen molar-refractivity contribution < 1.29 is 0 Å². The van der Waals surface area contributed by atoms with Gasteiger partial charge in [0.25, 0.3) is 0 Å². The highest BCUT2D eigenvalue weighted by Gasteiger charge is 2.03. The van der Waals surface area contributed by atoms with Crippen molar-refractivity contribution in [2.75, 3.05) is 5.32 Å². The third kappa shape index (κ3) is 2.68. The van der Waals surface area contributed by atoms with Gasteiger partial charge in [0.15, 0.2) is 0 Å². The minimum absolute atomic E-state index is 0.643. The molecule has 0 fully saturated rings. The molecule has 0 amide bonds. The Hall–Kier alpha value is -1.19. The Bertz CT molecular complexity index is 453. The molecule has 4 heteroatoms. The minimum atomic E-state index is 0.643. The number of benzene rings is 1. The molecule has 2 nitrogen and oxygen atoms in total. The lowest BCUT2D eigenvalue weighted by Crippen LogP contribution is -2.01. The molecule has 0 spiro atoms. The monoisotopic (exact) mass is 250 g/mol. The van der Waals surface area contributed by atoms with Gasteiger partial charge in [-0.05, 0) is 24.3 Å². The molecule has 1 heterocycles. The van der Waals surface area contributed by atoms with E-state index in [9.17, 15) is 0 Å². The predicted molar refractivity (Wildman–Crippen MR) is 70.3 cm³/mol. The van der Waals surface area contributed by atoms with E-state index in [0.717, 1.165) is 21.2 Å². The molecule has 82 valence electrons. The summed E-state index contributed by atoms with van der Waals surface area (Å²) in [6.45, 7) is 0.643. The van der Waals surface area contributed by atoms with Crippen LogP contribution >= 0.6 is 24.2 Å². The summed E-state index contributed by atoms with van der Waals surface area (Å²) in [5.41, 5.74) is 1.96. The predicted octanol–water partition coefficient (Wildman–Crippen LogP) is 3.64. The van der Waals surface area contributed by atoms with Crippen molar-refractivity contribution in [1.82, 2.24) is 4.98 Å². The molecule has 1 aromatic heterocycles. The molecule has 1 N–H and O–H groups in total. The van der Waals surface area contributed by atoms with Crippen LogP contribution in [0.1, 0.15) is 5.56 Å². The van der Waals surface area contributed by atoms with Crippen molar-refractivity contribution in [3.63, 3.8) is 0 Å². The fourth-order valence-corrected chi connectivity index (χ4v) is 1.97. The molecule has 1 aromatic carbocycles. The second-order valence-corrected chi connectivity index (χ2v) is 4.22. The first kappa shape index (κ1) is 11.3. The standard InChI is InChI=1S/C12H11ClN2S/c13-11-4-1-5-12(16)10(11)8-15-9-3-2-6-14-7-9/h1-7,15-16H,8H2. The van der Waals surface area contributed by atoms with Crippen molar-refractivity contribution in [1.29, 1.82) is 0 Å². The van der Waals surface area contributed by atoms with Gasteiger partial charge >= 0.3 is 0 Å². The molecule has 16 heavy (non-hydrogen) atoms. The molecule has 0 atom stereocenters. The summed E-state index contributed by atoms with van der Waals surface area (Å²) in [5.74, 6) is 0. The van der Waals surface area contributed by atoms with Gasteiger partial charge < -0.3 is 5.32 Å². The van der Waals surface area contributed by atoms with Crippen LogP contribution in [-0.2, 0) is 6.54 Å². The van der Waals surface area contributed by atoms with E-state index in [4.69, 9.17) is 11.6 Å². The first-order chi connectivity index (χ1) is 7.77. The lowest BCUT2D eigenvalue weighted by atomic mass is 10.2.